The van der Waals surface area contributed by atoms with Crippen LogP contribution < -0.4 is 5.32 Å². The molecule has 1 saturated heterocycles. The molecule has 2 aliphatic rings. The molecule has 2 heterocycles. The lowest BCUT2D eigenvalue weighted by atomic mass is 9.93. The van der Waals surface area contributed by atoms with Crippen molar-refractivity contribution < 1.29 is 9.32 Å². The molecule has 0 aromatic carbocycles. The molecule has 1 saturated carbocycles. The van der Waals surface area contributed by atoms with E-state index in [9.17, 15) is 4.79 Å². The van der Waals surface area contributed by atoms with E-state index in [2.05, 4.69) is 27.4 Å². The number of piperidine rings is 1. The maximum atomic E-state index is 11.9. The molecular formula is C16H26N4O2. The van der Waals surface area contributed by atoms with Crippen LogP contribution in [-0.2, 0) is 11.2 Å². The zero-order valence-electron chi connectivity index (χ0n) is 13.4. The Kier molecular flexibility index (Phi) is 5.08. The van der Waals surface area contributed by atoms with Crippen LogP contribution in [0.2, 0.25) is 0 Å². The van der Waals surface area contributed by atoms with Gasteiger partial charge in [-0.1, -0.05) is 5.16 Å². The average Bonchev–Trinajstić information content (AvgIpc) is 3.25. The summed E-state index contributed by atoms with van der Waals surface area (Å²) in [5.74, 6) is 2.77. The lowest BCUT2D eigenvalue weighted by Gasteiger charge is -2.29. The third-order valence-corrected chi connectivity index (χ3v) is 4.58. The quantitative estimate of drug-likeness (QED) is 0.830. The summed E-state index contributed by atoms with van der Waals surface area (Å²) in [6.07, 6.45) is 7.09. The fourth-order valence-corrected chi connectivity index (χ4v) is 3.11. The number of nitrogens with one attached hydrogen (secondary N) is 1. The van der Waals surface area contributed by atoms with Gasteiger partial charge in [-0.05, 0) is 51.6 Å². The summed E-state index contributed by atoms with van der Waals surface area (Å²) >= 11 is 0. The van der Waals surface area contributed by atoms with Crippen LogP contribution in [-0.4, -0.2) is 47.6 Å². The molecule has 1 aliphatic heterocycles. The van der Waals surface area contributed by atoms with Crippen molar-refractivity contribution in [1.29, 1.82) is 0 Å². The molecule has 1 N–H and O–H groups in total. The Morgan fingerprint density at radius 1 is 1.41 bits per heavy atom. The van der Waals surface area contributed by atoms with Crippen molar-refractivity contribution >= 4 is 5.91 Å². The largest absolute Gasteiger partial charge is 0.356 e. The highest BCUT2D eigenvalue weighted by molar-refractivity contribution is 5.75. The van der Waals surface area contributed by atoms with E-state index in [1.165, 1.54) is 19.4 Å². The molecule has 1 amide bonds. The molecule has 2 fully saturated rings. The van der Waals surface area contributed by atoms with Gasteiger partial charge in [-0.2, -0.15) is 4.98 Å². The first-order valence-electron chi connectivity index (χ1n) is 8.48. The van der Waals surface area contributed by atoms with Gasteiger partial charge < -0.3 is 14.7 Å². The topological polar surface area (TPSA) is 71.3 Å². The van der Waals surface area contributed by atoms with Gasteiger partial charge in [-0.25, -0.2) is 0 Å². The number of carbonyl (C=O) groups is 1. The van der Waals surface area contributed by atoms with Crippen LogP contribution in [0.1, 0.15) is 56.2 Å². The Morgan fingerprint density at radius 3 is 3.05 bits per heavy atom. The van der Waals surface area contributed by atoms with Gasteiger partial charge in [0, 0.05) is 31.8 Å². The molecular weight excluding hydrogens is 280 g/mol. The van der Waals surface area contributed by atoms with E-state index in [-0.39, 0.29) is 5.91 Å². The second-order valence-corrected chi connectivity index (χ2v) is 6.73. The molecule has 6 nitrogen and oxygen atoms in total. The van der Waals surface area contributed by atoms with Crippen LogP contribution >= 0.6 is 0 Å². The number of hydrogen-bond donors (Lipinski definition) is 1. The van der Waals surface area contributed by atoms with Crippen LogP contribution in [0.25, 0.3) is 0 Å². The monoisotopic (exact) mass is 306 g/mol. The Balaban J connectivity index is 1.30. The van der Waals surface area contributed by atoms with Gasteiger partial charge in [0.25, 0.3) is 0 Å². The fourth-order valence-electron chi connectivity index (χ4n) is 3.11. The zero-order valence-corrected chi connectivity index (χ0v) is 13.4. The highest BCUT2D eigenvalue weighted by Crippen LogP contribution is 2.38. The summed E-state index contributed by atoms with van der Waals surface area (Å²) < 4.78 is 5.20. The summed E-state index contributed by atoms with van der Waals surface area (Å²) in [4.78, 5) is 18.6. The highest BCUT2D eigenvalue weighted by atomic mass is 16.5. The summed E-state index contributed by atoms with van der Waals surface area (Å²) in [5, 5.41) is 6.92. The normalized spacial score (nSPS) is 22.7. The average molecular weight is 306 g/mol. The van der Waals surface area contributed by atoms with Crippen molar-refractivity contribution in [1.82, 2.24) is 20.4 Å². The van der Waals surface area contributed by atoms with Gasteiger partial charge in [-0.3, -0.25) is 4.79 Å². The molecule has 6 heteroatoms. The number of hydrogen-bond acceptors (Lipinski definition) is 5. The second kappa shape index (κ2) is 7.22. The molecule has 22 heavy (non-hydrogen) atoms. The van der Waals surface area contributed by atoms with Crippen molar-refractivity contribution in [3.05, 3.63) is 11.7 Å². The predicted molar refractivity (Wildman–Crippen MR) is 82.4 cm³/mol. The maximum Gasteiger partial charge on any atom is 0.229 e. The Bertz CT molecular complexity index is 498. The molecule has 1 aliphatic carbocycles. The molecule has 1 unspecified atom stereocenters. The number of likely N-dealkylation sites (tertiary alicyclic amines) is 1. The molecule has 122 valence electrons. The van der Waals surface area contributed by atoms with Gasteiger partial charge in [-0.15, -0.1) is 0 Å². The smallest absolute Gasteiger partial charge is 0.229 e. The fraction of sp³-hybridized carbons (Fsp3) is 0.812. The van der Waals surface area contributed by atoms with E-state index in [0.717, 1.165) is 31.7 Å². The van der Waals surface area contributed by atoms with E-state index in [0.29, 0.717) is 37.0 Å². The van der Waals surface area contributed by atoms with Crippen LogP contribution in [0.5, 0.6) is 0 Å². The number of aromatic nitrogens is 2. The van der Waals surface area contributed by atoms with Crippen LogP contribution in [0, 0.1) is 5.92 Å². The van der Waals surface area contributed by atoms with E-state index in [1.807, 2.05) is 0 Å². The molecule has 0 spiro atoms. The van der Waals surface area contributed by atoms with Crippen LogP contribution in [0.15, 0.2) is 4.52 Å². The van der Waals surface area contributed by atoms with Crippen molar-refractivity contribution in [3.8, 4) is 0 Å². The summed E-state index contributed by atoms with van der Waals surface area (Å²) in [7, 11) is 2.16. The SMILES string of the molecule is CN1CCCC(CCC(=O)NCCc2noc(C3CC3)n2)C1. The first-order chi connectivity index (χ1) is 10.7. The van der Waals surface area contributed by atoms with Gasteiger partial charge in [0.05, 0.1) is 0 Å². The first kappa shape index (κ1) is 15.5. The lowest BCUT2D eigenvalue weighted by molar-refractivity contribution is -0.121. The molecule has 1 aromatic heterocycles. The summed E-state index contributed by atoms with van der Waals surface area (Å²) in [6, 6.07) is 0. The minimum atomic E-state index is 0.138. The molecule has 1 aromatic rings. The summed E-state index contributed by atoms with van der Waals surface area (Å²) in [5.41, 5.74) is 0. The maximum absolute atomic E-state index is 11.9. The third-order valence-electron chi connectivity index (χ3n) is 4.58. The van der Waals surface area contributed by atoms with Gasteiger partial charge in [0.1, 0.15) is 0 Å². The standard InChI is InChI=1S/C16H26N4O2/c1-20-10-2-3-12(11-20)4-7-15(21)17-9-8-14-18-16(22-19-14)13-5-6-13/h12-13H,2-11H2,1H3,(H,17,21). The minimum Gasteiger partial charge on any atom is -0.356 e. The van der Waals surface area contributed by atoms with E-state index < -0.39 is 0 Å². The van der Waals surface area contributed by atoms with Gasteiger partial charge >= 0.3 is 0 Å². The van der Waals surface area contributed by atoms with Crippen molar-refractivity contribution in [2.75, 3.05) is 26.7 Å². The van der Waals surface area contributed by atoms with E-state index in [4.69, 9.17) is 4.52 Å². The number of amides is 1. The lowest BCUT2D eigenvalue weighted by Crippen LogP contribution is -2.33. The molecule has 1 atom stereocenters. The molecule has 0 bridgehead atoms. The Labute approximate surface area is 131 Å². The first-order valence-corrected chi connectivity index (χ1v) is 8.48. The molecule has 0 radical (unpaired) electrons. The van der Waals surface area contributed by atoms with Gasteiger partial charge in [0.15, 0.2) is 5.82 Å². The number of carbonyl (C=O) groups excluding carboxylic acids is 1. The molecule has 3 rings (SSSR count). The van der Waals surface area contributed by atoms with E-state index >= 15 is 0 Å². The van der Waals surface area contributed by atoms with Crippen LogP contribution in [0.4, 0.5) is 0 Å². The minimum absolute atomic E-state index is 0.138. The second-order valence-electron chi connectivity index (χ2n) is 6.73. The predicted octanol–water partition coefficient (Wildman–Crippen LogP) is 1.73. The van der Waals surface area contributed by atoms with Crippen molar-refractivity contribution in [2.24, 2.45) is 5.92 Å². The van der Waals surface area contributed by atoms with Crippen molar-refractivity contribution in [2.45, 2.75) is 50.9 Å². The van der Waals surface area contributed by atoms with E-state index in [1.54, 1.807) is 0 Å². The zero-order chi connectivity index (χ0) is 15.4. The number of rotatable bonds is 7. The Morgan fingerprint density at radius 2 is 2.27 bits per heavy atom. The summed E-state index contributed by atoms with van der Waals surface area (Å²) in [6.45, 7) is 2.91. The number of nitrogens with zero attached hydrogens (tertiary/aromatic N) is 3. The van der Waals surface area contributed by atoms with Crippen molar-refractivity contribution in [3.63, 3.8) is 0 Å². The van der Waals surface area contributed by atoms with Crippen LogP contribution in [0.3, 0.4) is 0 Å². The van der Waals surface area contributed by atoms with Gasteiger partial charge in [0.2, 0.25) is 11.8 Å². The highest BCUT2D eigenvalue weighted by Gasteiger charge is 2.29. The third kappa shape index (κ3) is 4.53. The Hall–Kier alpha value is -1.43.